The van der Waals surface area contributed by atoms with Crippen molar-refractivity contribution in [2.75, 3.05) is 27.3 Å². The van der Waals surface area contributed by atoms with Crippen molar-refractivity contribution >= 4 is 5.96 Å². The van der Waals surface area contributed by atoms with E-state index in [1.54, 1.807) is 7.11 Å². The van der Waals surface area contributed by atoms with Crippen LogP contribution in [0.4, 0.5) is 0 Å². The summed E-state index contributed by atoms with van der Waals surface area (Å²) in [7, 11) is 3.56. The number of nitrogens with zero attached hydrogens (tertiary/aromatic N) is 1. The highest BCUT2D eigenvalue weighted by Gasteiger charge is 2.18. The Labute approximate surface area is 105 Å². The van der Waals surface area contributed by atoms with Gasteiger partial charge < -0.3 is 15.4 Å². The van der Waals surface area contributed by atoms with Crippen LogP contribution in [0, 0.1) is 5.92 Å². The lowest BCUT2D eigenvalue weighted by atomic mass is 9.87. The standard InChI is InChI=1S/C13H27N3O/c1-11-5-7-12(8-6-11)16-13(14-2)15-9-4-10-17-3/h11-12H,4-10H2,1-3H3,(H2,14,15,16). The van der Waals surface area contributed by atoms with Crippen LogP contribution in [-0.2, 0) is 4.74 Å². The summed E-state index contributed by atoms with van der Waals surface area (Å²) in [4.78, 5) is 4.25. The Balaban J connectivity index is 2.18. The van der Waals surface area contributed by atoms with E-state index in [0.29, 0.717) is 6.04 Å². The molecule has 2 N–H and O–H groups in total. The zero-order valence-electron chi connectivity index (χ0n) is 11.5. The van der Waals surface area contributed by atoms with Crippen molar-refractivity contribution in [3.05, 3.63) is 0 Å². The van der Waals surface area contributed by atoms with Crippen LogP contribution >= 0.6 is 0 Å². The zero-order chi connectivity index (χ0) is 12.5. The van der Waals surface area contributed by atoms with E-state index in [1.165, 1.54) is 25.7 Å². The lowest BCUT2D eigenvalue weighted by Crippen LogP contribution is -2.45. The SMILES string of the molecule is CN=C(NCCCOC)NC1CCC(C)CC1. The summed E-state index contributed by atoms with van der Waals surface area (Å²) in [6, 6.07) is 0.597. The molecule has 0 unspecified atom stereocenters. The average molecular weight is 241 g/mol. The molecule has 0 saturated heterocycles. The molecule has 0 bridgehead atoms. The Kier molecular flexibility index (Phi) is 7.01. The predicted octanol–water partition coefficient (Wildman–Crippen LogP) is 1.77. The van der Waals surface area contributed by atoms with Crippen LogP contribution in [0.5, 0.6) is 0 Å². The van der Waals surface area contributed by atoms with Crippen LogP contribution < -0.4 is 10.6 Å². The van der Waals surface area contributed by atoms with Crippen molar-refractivity contribution in [3.63, 3.8) is 0 Å². The number of rotatable bonds is 5. The number of nitrogens with one attached hydrogen (secondary N) is 2. The molecule has 100 valence electrons. The van der Waals surface area contributed by atoms with Gasteiger partial charge in [-0.3, -0.25) is 4.99 Å². The predicted molar refractivity (Wildman–Crippen MR) is 72.4 cm³/mol. The fourth-order valence-corrected chi connectivity index (χ4v) is 2.22. The molecule has 0 aromatic carbocycles. The fourth-order valence-electron chi connectivity index (χ4n) is 2.22. The molecule has 0 radical (unpaired) electrons. The van der Waals surface area contributed by atoms with Crippen molar-refractivity contribution in [2.45, 2.75) is 45.1 Å². The first kappa shape index (κ1) is 14.3. The van der Waals surface area contributed by atoms with Gasteiger partial charge >= 0.3 is 0 Å². The molecular formula is C13H27N3O. The van der Waals surface area contributed by atoms with Gasteiger partial charge in [-0.1, -0.05) is 6.92 Å². The van der Waals surface area contributed by atoms with Crippen LogP contribution in [0.1, 0.15) is 39.0 Å². The van der Waals surface area contributed by atoms with E-state index in [-0.39, 0.29) is 0 Å². The highest BCUT2D eigenvalue weighted by atomic mass is 16.5. The van der Waals surface area contributed by atoms with E-state index >= 15 is 0 Å². The maximum Gasteiger partial charge on any atom is 0.191 e. The number of hydrogen-bond acceptors (Lipinski definition) is 2. The first-order valence-electron chi connectivity index (χ1n) is 6.72. The molecular weight excluding hydrogens is 214 g/mol. The third-order valence-corrected chi connectivity index (χ3v) is 3.40. The smallest absolute Gasteiger partial charge is 0.191 e. The van der Waals surface area contributed by atoms with Gasteiger partial charge in [0.1, 0.15) is 0 Å². The molecule has 1 saturated carbocycles. The van der Waals surface area contributed by atoms with Crippen LogP contribution in [-0.4, -0.2) is 39.3 Å². The van der Waals surface area contributed by atoms with E-state index in [0.717, 1.165) is 31.4 Å². The molecule has 1 aliphatic rings. The Morgan fingerprint density at radius 1 is 1.29 bits per heavy atom. The summed E-state index contributed by atoms with van der Waals surface area (Å²) in [6.45, 7) is 4.05. The van der Waals surface area contributed by atoms with Crippen LogP contribution in [0.15, 0.2) is 4.99 Å². The molecule has 0 aromatic rings. The van der Waals surface area contributed by atoms with E-state index in [1.807, 2.05) is 7.05 Å². The van der Waals surface area contributed by atoms with Crippen molar-refractivity contribution in [1.29, 1.82) is 0 Å². The number of guanidine groups is 1. The summed E-state index contributed by atoms with van der Waals surface area (Å²) in [6.07, 6.45) is 6.20. The molecule has 4 heteroatoms. The Hall–Kier alpha value is -0.770. The lowest BCUT2D eigenvalue weighted by molar-refractivity contribution is 0.195. The van der Waals surface area contributed by atoms with E-state index in [4.69, 9.17) is 4.74 Å². The second-order valence-electron chi connectivity index (χ2n) is 4.95. The Morgan fingerprint density at radius 3 is 2.59 bits per heavy atom. The largest absolute Gasteiger partial charge is 0.385 e. The molecule has 0 amide bonds. The quantitative estimate of drug-likeness (QED) is 0.438. The molecule has 4 nitrogen and oxygen atoms in total. The van der Waals surface area contributed by atoms with Crippen LogP contribution in [0.25, 0.3) is 0 Å². The van der Waals surface area contributed by atoms with E-state index in [9.17, 15) is 0 Å². The molecule has 0 atom stereocenters. The van der Waals surface area contributed by atoms with Gasteiger partial charge in [0.05, 0.1) is 0 Å². The van der Waals surface area contributed by atoms with Crippen LogP contribution in [0.3, 0.4) is 0 Å². The number of hydrogen-bond donors (Lipinski definition) is 2. The summed E-state index contributed by atoms with van der Waals surface area (Å²) in [5.41, 5.74) is 0. The minimum absolute atomic E-state index is 0.597. The van der Waals surface area contributed by atoms with Gasteiger partial charge in [0.2, 0.25) is 0 Å². The normalized spacial score (nSPS) is 25.7. The molecule has 0 spiro atoms. The minimum atomic E-state index is 0.597. The van der Waals surface area contributed by atoms with Crippen molar-refractivity contribution in [3.8, 4) is 0 Å². The highest BCUT2D eigenvalue weighted by molar-refractivity contribution is 5.79. The average Bonchev–Trinajstić information content (AvgIpc) is 2.35. The monoisotopic (exact) mass is 241 g/mol. The molecule has 0 aliphatic heterocycles. The molecule has 1 rings (SSSR count). The highest BCUT2D eigenvalue weighted by Crippen LogP contribution is 2.23. The van der Waals surface area contributed by atoms with Gasteiger partial charge in [-0.25, -0.2) is 0 Å². The fraction of sp³-hybridized carbons (Fsp3) is 0.923. The molecule has 1 aliphatic carbocycles. The zero-order valence-corrected chi connectivity index (χ0v) is 11.5. The second-order valence-corrected chi connectivity index (χ2v) is 4.95. The molecule has 0 aromatic heterocycles. The summed E-state index contributed by atoms with van der Waals surface area (Å²) in [5, 5.41) is 6.82. The molecule has 1 fully saturated rings. The van der Waals surface area contributed by atoms with Crippen LogP contribution in [0.2, 0.25) is 0 Å². The van der Waals surface area contributed by atoms with Gasteiger partial charge in [-0.2, -0.15) is 0 Å². The lowest BCUT2D eigenvalue weighted by Gasteiger charge is -2.28. The molecule has 0 heterocycles. The van der Waals surface area contributed by atoms with Gasteiger partial charge in [0.15, 0.2) is 5.96 Å². The number of ether oxygens (including phenoxy) is 1. The van der Waals surface area contributed by atoms with Crippen molar-refractivity contribution in [2.24, 2.45) is 10.9 Å². The number of aliphatic imine (C=N–C) groups is 1. The maximum absolute atomic E-state index is 5.02. The summed E-state index contributed by atoms with van der Waals surface area (Å²) in [5.74, 6) is 1.82. The third-order valence-electron chi connectivity index (χ3n) is 3.40. The van der Waals surface area contributed by atoms with Crippen molar-refractivity contribution < 1.29 is 4.74 Å². The second kappa shape index (κ2) is 8.34. The first-order chi connectivity index (χ1) is 8.26. The summed E-state index contributed by atoms with van der Waals surface area (Å²) < 4.78 is 5.02. The molecule has 17 heavy (non-hydrogen) atoms. The van der Waals surface area contributed by atoms with E-state index in [2.05, 4.69) is 22.5 Å². The van der Waals surface area contributed by atoms with Gasteiger partial charge in [-0.15, -0.1) is 0 Å². The maximum atomic E-state index is 5.02. The topological polar surface area (TPSA) is 45.7 Å². The van der Waals surface area contributed by atoms with Gasteiger partial charge in [0.25, 0.3) is 0 Å². The minimum Gasteiger partial charge on any atom is -0.385 e. The van der Waals surface area contributed by atoms with Crippen molar-refractivity contribution in [1.82, 2.24) is 10.6 Å². The first-order valence-corrected chi connectivity index (χ1v) is 6.72. The third kappa shape index (κ3) is 5.91. The Bertz CT molecular complexity index is 223. The Morgan fingerprint density at radius 2 is 2.00 bits per heavy atom. The van der Waals surface area contributed by atoms with Gasteiger partial charge in [-0.05, 0) is 38.0 Å². The summed E-state index contributed by atoms with van der Waals surface area (Å²) >= 11 is 0. The van der Waals surface area contributed by atoms with E-state index < -0.39 is 0 Å². The number of methoxy groups -OCH3 is 1. The van der Waals surface area contributed by atoms with Gasteiger partial charge in [0, 0.05) is 33.4 Å².